The monoisotopic (exact) mass is 321 g/mol. The molecular weight excluding hydrogens is 306 g/mol. The average molecular weight is 322 g/mol. The molecule has 4 heteroatoms. The third-order valence-electron chi connectivity index (χ3n) is 2.83. The van der Waals surface area contributed by atoms with Crippen molar-refractivity contribution in [3.63, 3.8) is 0 Å². The van der Waals surface area contributed by atoms with Crippen LogP contribution >= 0.6 is 15.9 Å². The van der Waals surface area contributed by atoms with Gasteiger partial charge in [0.1, 0.15) is 12.4 Å². The number of hydrogen-bond donors (Lipinski definition) is 2. The summed E-state index contributed by atoms with van der Waals surface area (Å²) < 4.78 is 6.65. The molecule has 19 heavy (non-hydrogen) atoms. The largest absolute Gasteiger partial charge is 0.489 e. The maximum Gasteiger partial charge on any atom is 0.119 e. The van der Waals surface area contributed by atoms with Gasteiger partial charge >= 0.3 is 0 Å². The van der Waals surface area contributed by atoms with E-state index in [-0.39, 0.29) is 6.61 Å². The Morgan fingerprint density at radius 1 is 1.11 bits per heavy atom. The van der Waals surface area contributed by atoms with Crippen LogP contribution in [0.25, 0.3) is 0 Å². The van der Waals surface area contributed by atoms with E-state index in [1.54, 1.807) is 0 Å². The molecule has 3 nitrogen and oxygen atoms in total. The number of benzene rings is 2. The molecule has 0 saturated heterocycles. The van der Waals surface area contributed by atoms with Crippen molar-refractivity contribution in [2.45, 2.75) is 13.0 Å². The molecule has 0 bridgehead atoms. The van der Waals surface area contributed by atoms with Gasteiger partial charge in [-0.05, 0) is 36.2 Å². The lowest BCUT2D eigenvalue weighted by Gasteiger charge is -2.09. The first-order valence-corrected chi connectivity index (χ1v) is 6.85. The number of nitrogens with two attached hydrogens (primary N) is 1. The van der Waals surface area contributed by atoms with Crippen LogP contribution in [0.4, 0.5) is 5.69 Å². The van der Waals surface area contributed by atoms with Crippen LogP contribution in [0.15, 0.2) is 46.9 Å². The number of halogens is 1. The summed E-state index contributed by atoms with van der Waals surface area (Å²) in [5.74, 6) is 0.795. The predicted molar refractivity (Wildman–Crippen MR) is 80.1 cm³/mol. The van der Waals surface area contributed by atoms with E-state index in [4.69, 9.17) is 15.6 Å². The van der Waals surface area contributed by atoms with Crippen molar-refractivity contribution in [1.29, 1.82) is 0 Å². The van der Waals surface area contributed by atoms with E-state index in [2.05, 4.69) is 15.9 Å². The quantitative estimate of drug-likeness (QED) is 0.832. The molecule has 0 saturated carbocycles. The summed E-state index contributed by atoms with van der Waals surface area (Å²) in [5.41, 5.74) is 8.68. The number of nitrogen functional groups attached to an aromatic ring is 1. The van der Waals surface area contributed by atoms with Crippen LogP contribution in [0.1, 0.15) is 11.1 Å². The molecule has 0 aliphatic carbocycles. The lowest BCUT2D eigenvalue weighted by molar-refractivity contribution is 0.298. The highest BCUT2D eigenvalue weighted by Crippen LogP contribution is 2.21. The molecule has 3 N–H and O–H groups in total. The van der Waals surface area contributed by atoms with Crippen LogP contribution in [0.2, 0.25) is 0 Å². The second-order valence-electron chi connectivity index (χ2n) is 4.25. The normalized spacial score (nSPS) is 10.4. The first-order chi connectivity index (χ1) is 9.19. The zero-order valence-electron chi connectivity index (χ0n) is 10.5. The molecule has 0 radical (unpaired) electrons. The maximum atomic E-state index is 8.84. The number of rotatable bonds is 5. The Morgan fingerprint density at radius 2 is 1.84 bits per heavy atom. The molecule has 0 atom stereocenters. The first kappa shape index (κ1) is 13.9. The summed E-state index contributed by atoms with van der Waals surface area (Å²) in [4.78, 5) is 0. The standard InChI is InChI=1S/C15H16BrNO2/c16-13-4-3-12(15(17)9-13)10-19-14-5-1-11(2-6-14)7-8-18/h1-6,9,18H,7-8,10,17H2. The molecule has 0 aromatic heterocycles. The Labute approximate surface area is 121 Å². The van der Waals surface area contributed by atoms with Crippen LogP contribution in [-0.2, 0) is 13.0 Å². The smallest absolute Gasteiger partial charge is 0.119 e. The second kappa shape index (κ2) is 6.59. The van der Waals surface area contributed by atoms with E-state index < -0.39 is 0 Å². The average Bonchev–Trinajstić information content (AvgIpc) is 2.40. The van der Waals surface area contributed by atoms with Gasteiger partial charge in [0.25, 0.3) is 0 Å². The Kier molecular flexibility index (Phi) is 4.82. The topological polar surface area (TPSA) is 55.5 Å². The van der Waals surface area contributed by atoms with Crippen molar-refractivity contribution in [2.75, 3.05) is 12.3 Å². The molecule has 0 heterocycles. The number of aliphatic hydroxyl groups is 1. The fourth-order valence-electron chi connectivity index (χ4n) is 1.74. The van der Waals surface area contributed by atoms with Crippen LogP contribution in [-0.4, -0.2) is 11.7 Å². The Hall–Kier alpha value is -1.52. The van der Waals surface area contributed by atoms with Crippen molar-refractivity contribution in [3.05, 3.63) is 58.1 Å². The SMILES string of the molecule is Nc1cc(Br)ccc1COc1ccc(CCO)cc1. The lowest BCUT2D eigenvalue weighted by atomic mass is 10.1. The van der Waals surface area contributed by atoms with Gasteiger partial charge in [0.05, 0.1) is 0 Å². The van der Waals surface area contributed by atoms with Crippen LogP contribution < -0.4 is 10.5 Å². The summed E-state index contributed by atoms with van der Waals surface area (Å²) in [7, 11) is 0. The number of hydrogen-bond acceptors (Lipinski definition) is 3. The molecular formula is C15H16BrNO2. The Balaban J connectivity index is 1.98. The fraction of sp³-hybridized carbons (Fsp3) is 0.200. The van der Waals surface area contributed by atoms with Crippen molar-refractivity contribution in [1.82, 2.24) is 0 Å². The molecule has 100 valence electrons. The van der Waals surface area contributed by atoms with E-state index in [0.717, 1.165) is 21.3 Å². The molecule has 0 spiro atoms. The number of aliphatic hydroxyl groups excluding tert-OH is 1. The van der Waals surface area contributed by atoms with E-state index in [1.165, 1.54) is 0 Å². The zero-order chi connectivity index (χ0) is 13.7. The highest BCUT2D eigenvalue weighted by molar-refractivity contribution is 9.10. The lowest BCUT2D eigenvalue weighted by Crippen LogP contribution is -2.00. The molecule has 0 amide bonds. The van der Waals surface area contributed by atoms with Crippen LogP contribution in [0, 0.1) is 0 Å². The van der Waals surface area contributed by atoms with Gasteiger partial charge in [-0.25, -0.2) is 0 Å². The van der Waals surface area contributed by atoms with Gasteiger partial charge in [0, 0.05) is 22.3 Å². The minimum absolute atomic E-state index is 0.162. The molecule has 0 aliphatic heterocycles. The minimum atomic E-state index is 0.162. The van der Waals surface area contributed by atoms with Gasteiger partial charge in [-0.15, -0.1) is 0 Å². The molecule has 0 fully saturated rings. The first-order valence-electron chi connectivity index (χ1n) is 6.05. The third-order valence-corrected chi connectivity index (χ3v) is 3.32. The van der Waals surface area contributed by atoms with Crippen molar-refractivity contribution in [3.8, 4) is 5.75 Å². The zero-order valence-corrected chi connectivity index (χ0v) is 12.1. The van der Waals surface area contributed by atoms with Gasteiger partial charge in [0.15, 0.2) is 0 Å². The van der Waals surface area contributed by atoms with E-state index in [9.17, 15) is 0 Å². The number of anilines is 1. The van der Waals surface area contributed by atoms with Gasteiger partial charge in [-0.2, -0.15) is 0 Å². The maximum absolute atomic E-state index is 8.84. The van der Waals surface area contributed by atoms with Crippen molar-refractivity contribution in [2.24, 2.45) is 0 Å². The third kappa shape index (κ3) is 3.98. The Morgan fingerprint density at radius 3 is 2.47 bits per heavy atom. The van der Waals surface area contributed by atoms with Gasteiger partial charge in [0.2, 0.25) is 0 Å². The van der Waals surface area contributed by atoms with E-state index >= 15 is 0 Å². The molecule has 2 rings (SSSR count). The molecule has 0 unspecified atom stereocenters. The predicted octanol–water partition coefficient (Wildman–Crippen LogP) is 3.15. The minimum Gasteiger partial charge on any atom is -0.489 e. The van der Waals surface area contributed by atoms with E-state index in [1.807, 2.05) is 42.5 Å². The van der Waals surface area contributed by atoms with Crippen LogP contribution in [0.5, 0.6) is 5.75 Å². The van der Waals surface area contributed by atoms with Gasteiger partial charge in [-0.1, -0.05) is 34.1 Å². The molecule has 2 aromatic rings. The summed E-state index contributed by atoms with van der Waals surface area (Å²) in [6, 6.07) is 13.5. The van der Waals surface area contributed by atoms with E-state index in [0.29, 0.717) is 18.7 Å². The van der Waals surface area contributed by atoms with Crippen molar-refractivity contribution >= 4 is 21.6 Å². The Bertz CT molecular complexity index is 540. The fourth-order valence-corrected chi connectivity index (χ4v) is 2.12. The van der Waals surface area contributed by atoms with Crippen molar-refractivity contribution < 1.29 is 9.84 Å². The molecule has 0 aliphatic rings. The summed E-state index contributed by atoms with van der Waals surface area (Å²) in [5, 5.41) is 8.84. The second-order valence-corrected chi connectivity index (χ2v) is 5.17. The highest BCUT2D eigenvalue weighted by Gasteiger charge is 2.01. The highest BCUT2D eigenvalue weighted by atomic mass is 79.9. The summed E-state index contributed by atoms with van der Waals surface area (Å²) in [6.07, 6.45) is 0.667. The van der Waals surface area contributed by atoms with Crippen LogP contribution in [0.3, 0.4) is 0 Å². The number of ether oxygens (including phenoxy) is 1. The summed E-state index contributed by atoms with van der Waals surface area (Å²) >= 11 is 3.37. The molecule has 2 aromatic carbocycles. The summed E-state index contributed by atoms with van der Waals surface area (Å²) in [6.45, 7) is 0.605. The van der Waals surface area contributed by atoms with Gasteiger partial charge < -0.3 is 15.6 Å². The van der Waals surface area contributed by atoms with Gasteiger partial charge in [-0.3, -0.25) is 0 Å².